The number of nitrogens with zero attached hydrogens (tertiary/aromatic N) is 14. The molecule has 0 amide bonds. The second-order valence-electron chi connectivity index (χ2n) is 20.1. The van der Waals surface area contributed by atoms with Crippen LogP contribution < -0.4 is 4.90 Å². The lowest BCUT2D eigenvalue weighted by Crippen LogP contribution is -2.16. The van der Waals surface area contributed by atoms with Crippen molar-refractivity contribution in [2.45, 2.75) is 19.3 Å². The van der Waals surface area contributed by atoms with Crippen LogP contribution in [0.1, 0.15) is 42.1 Å². The molecule has 4 aromatic heterocycles. The van der Waals surface area contributed by atoms with Crippen LogP contribution in [0.5, 0.6) is 0 Å². The first kappa shape index (κ1) is 50.1. The van der Waals surface area contributed by atoms with Gasteiger partial charge in [-0.15, -0.1) is 15.0 Å². The third kappa shape index (κ3) is 8.30. The lowest BCUT2D eigenvalue weighted by molar-refractivity contribution is 0.660. The molecule has 0 atom stereocenters. The zero-order valence-corrected chi connectivity index (χ0v) is 44.2. The smallest absolute Gasteiger partial charge is 0.307 e. The van der Waals surface area contributed by atoms with E-state index in [9.17, 15) is 15.8 Å². The molecule has 9 aromatic carbocycles. The van der Waals surface area contributed by atoms with E-state index in [-0.39, 0.29) is 73.1 Å². The fraction of sp³-hybridized carbons (Fsp3) is 0.0435. The van der Waals surface area contributed by atoms with E-state index in [1.165, 1.54) is 72.0 Å². The molecule has 14 heteroatoms. The van der Waals surface area contributed by atoms with Gasteiger partial charge in [0.1, 0.15) is 34.8 Å². The average molecular weight is 1060 g/mol. The van der Waals surface area contributed by atoms with Gasteiger partial charge in [-0.25, -0.2) is 15.0 Å². The summed E-state index contributed by atoms with van der Waals surface area (Å²) in [6.07, 6.45) is 0. The molecule has 0 fully saturated rings. The number of para-hydroxylation sites is 2. The Bertz CT molecular complexity index is 4760. The summed E-state index contributed by atoms with van der Waals surface area (Å²) in [5.74, 6) is -0.890. The Morgan fingerprint density at radius 1 is 0.398 bits per heavy atom. The molecule has 13 aromatic rings. The zero-order chi connectivity index (χ0) is 56.9. The van der Waals surface area contributed by atoms with Gasteiger partial charge in [0.15, 0.2) is 17.1 Å². The fourth-order valence-corrected chi connectivity index (χ4v) is 11.3. The predicted octanol–water partition coefficient (Wildman–Crippen LogP) is 16.7. The fourth-order valence-electron chi connectivity index (χ4n) is 11.3. The molecular formula is C69H38N14. The van der Waals surface area contributed by atoms with Crippen molar-refractivity contribution in [3.8, 4) is 57.3 Å². The number of fused-ring (bicyclic) bond motifs is 12. The first-order valence-corrected chi connectivity index (χ1v) is 26.1. The highest BCUT2D eigenvalue weighted by Gasteiger charge is 2.36. The first-order chi connectivity index (χ1) is 40.6. The lowest BCUT2D eigenvalue weighted by Gasteiger charge is -2.28. The molecule has 0 radical (unpaired) electrons. The zero-order valence-electron chi connectivity index (χ0n) is 44.2. The normalized spacial score (nSPS) is 11.8. The van der Waals surface area contributed by atoms with E-state index < -0.39 is 0 Å². The number of hydrogen-bond acceptors (Lipinski definition) is 10. The van der Waals surface area contributed by atoms with Gasteiger partial charge in [0.25, 0.3) is 17.2 Å². The summed E-state index contributed by atoms with van der Waals surface area (Å²) in [6, 6.07) is 76.1. The van der Waals surface area contributed by atoms with E-state index in [1.54, 1.807) is 18.2 Å². The Hall–Kier alpha value is -12.5. The van der Waals surface area contributed by atoms with Crippen LogP contribution in [0.15, 0.2) is 194 Å². The topological polar surface area (TPSA) is 170 Å². The van der Waals surface area contributed by atoms with Crippen molar-refractivity contribution in [3.05, 3.63) is 257 Å². The van der Waals surface area contributed by atoms with Crippen molar-refractivity contribution in [1.29, 1.82) is 15.8 Å². The third-order valence-electron chi connectivity index (χ3n) is 15.1. The van der Waals surface area contributed by atoms with E-state index in [0.29, 0.717) is 0 Å². The van der Waals surface area contributed by atoms with Crippen LogP contribution in [0.4, 0.5) is 34.5 Å². The van der Waals surface area contributed by atoms with E-state index in [2.05, 4.69) is 262 Å². The molecule has 14 rings (SSSR count). The van der Waals surface area contributed by atoms with Crippen LogP contribution in [0.25, 0.3) is 109 Å². The Morgan fingerprint density at radius 2 is 0.843 bits per heavy atom. The quantitative estimate of drug-likeness (QED) is 0.115. The summed E-state index contributed by atoms with van der Waals surface area (Å²) in [6.45, 7) is 26.4. The maximum Gasteiger partial charge on any atom is 0.307 e. The number of rotatable bonds is 6. The minimum absolute atomic E-state index is 0.000622. The molecule has 0 saturated heterocycles. The van der Waals surface area contributed by atoms with Gasteiger partial charge in [0.05, 0.1) is 11.0 Å². The van der Waals surface area contributed by atoms with Crippen LogP contribution in [-0.4, -0.2) is 34.5 Å². The van der Waals surface area contributed by atoms with Crippen LogP contribution in [-0.2, 0) is 5.41 Å². The molecule has 83 heavy (non-hydrogen) atoms. The Morgan fingerprint density at radius 3 is 1.43 bits per heavy atom. The summed E-state index contributed by atoms with van der Waals surface area (Å²) in [4.78, 5) is 36.8. The van der Waals surface area contributed by atoms with Crippen molar-refractivity contribution in [3.63, 3.8) is 0 Å². The molecule has 384 valence electrons. The Balaban J connectivity index is 0.000000182. The number of aromatic nitrogens is 7. The summed E-state index contributed by atoms with van der Waals surface area (Å²) in [5, 5.41) is 30.4. The van der Waals surface area contributed by atoms with Gasteiger partial charge < -0.3 is 24.0 Å². The molecule has 0 saturated carbocycles. The molecule has 0 bridgehead atoms. The molecule has 4 heterocycles. The third-order valence-corrected chi connectivity index (χ3v) is 15.1. The Labute approximate surface area is 475 Å². The maximum atomic E-state index is 9.30. The number of nitriles is 3. The number of benzene rings is 9. The molecule has 0 unspecified atom stereocenters. The summed E-state index contributed by atoms with van der Waals surface area (Å²) in [7, 11) is 0. The molecule has 1 aliphatic rings. The first-order valence-electron chi connectivity index (χ1n) is 26.1. The second-order valence-corrected chi connectivity index (χ2v) is 20.1. The highest BCUT2D eigenvalue weighted by molar-refractivity contribution is 6.19. The Kier molecular flexibility index (Phi) is 12.1. The van der Waals surface area contributed by atoms with Crippen molar-refractivity contribution < 1.29 is 0 Å². The van der Waals surface area contributed by atoms with Crippen molar-refractivity contribution >= 4 is 89.4 Å². The number of hydrogen-bond donors (Lipinski definition) is 0. The SMILES string of the molecule is CC1(C)c2ccccc2-c2ccc(N(c3ccc(-c4ccccc4)cc3)c3ccc(-c4ccc5c(c4)c4ccccc4n5-c4ccccc4)cc3)cc21.[C-]#[N+]c1nc2c(nc1C#N)c1nc(C#N)c(C#N)nc1c1nc([N+]#[C-])c([N+]#[C-])nc21. The monoisotopic (exact) mass is 1060 g/mol. The molecule has 1 aliphatic carbocycles. The highest BCUT2D eigenvalue weighted by atomic mass is 15.1. The molecule has 0 spiro atoms. The van der Waals surface area contributed by atoms with Gasteiger partial charge in [-0.05, 0) is 111 Å². The molecular weight excluding hydrogens is 1020 g/mol. The standard InChI is InChI=1S/C51H38N2.C18N12/c1-51(2)47-19-11-9-17-43(47)44-31-30-42(34-48(44)51)52(40-26-21-36(22-27-40)35-13-5-3-6-14-35)41-28-23-37(24-29-41)38-25-32-50-46(33-38)45-18-10-12-20-49(45)53(50)39-15-7-4-8-16-39;1-22-16-9(6-21)27-12-10-11(26-8(5-20)7(4-19)25-10)14-15(13(12)28-16)30-18(24-3)17(23-2)29-14/h3-34H,1-2H3;. The van der Waals surface area contributed by atoms with Gasteiger partial charge in [-0.3, -0.25) is 0 Å². The van der Waals surface area contributed by atoms with Crippen LogP contribution in [0.3, 0.4) is 0 Å². The minimum atomic E-state index is -0.298. The summed E-state index contributed by atoms with van der Waals surface area (Å²) >= 11 is 0. The lowest BCUT2D eigenvalue weighted by atomic mass is 9.82. The molecule has 14 nitrogen and oxygen atoms in total. The van der Waals surface area contributed by atoms with E-state index in [1.807, 2.05) is 0 Å². The van der Waals surface area contributed by atoms with Crippen molar-refractivity contribution in [2.24, 2.45) is 0 Å². The summed E-state index contributed by atoms with van der Waals surface area (Å²) in [5.41, 5.74) is 16.3. The van der Waals surface area contributed by atoms with E-state index in [4.69, 9.17) is 19.7 Å². The van der Waals surface area contributed by atoms with Crippen molar-refractivity contribution in [2.75, 3.05) is 4.90 Å². The minimum Gasteiger partial charge on any atom is -0.370 e. The van der Waals surface area contributed by atoms with Crippen LogP contribution in [0, 0.1) is 53.7 Å². The van der Waals surface area contributed by atoms with E-state index >= 15 is 0 Å². The van der Waals surface area contributed by atoms with Gasteiger partial charge in [-0.2, -0.15) is 15.8 Å². The largest absolute Gasteiger partial charge is 0.370 e. The molecule has 0 N–H and O–H groups in total. The van der Waals surface area contributed by atoms with Gasteiger partial charge >= 0.3 is 5.82 Å². The average Bonchev–Trinajstić information content (AvgIpc) is 2.59. The summed E-state index contributed by atoms with van der Waals surface area (Å²) < 4.78 is 2.37. The van der Waals surface area contributed by atoms with Gasteiger partial charge in [-0.1, -0.05) is 161 Å². The van der Waals surface area contributed by atoms with Gasteiger partial charge in [0, 0.05) is 38.9 Å². The van der Waals surface area contributed by atoms with Crippen LogP contribution in [0.2, 0.25) is 0 Å². The number of anilines is 3. The molecule has 0 aliphatic heterocycles. The predicted molar refractivity (Wildman–Crippen MR) is 323 cm³/mol. The highest BCUT2D eigenvalue weighted by Crippen LogP contribution is 2.51. The van der Waals surface area contributed by atoms with Crippen LogP contribution >= 0.6 is 0 Å². The van der Waals surface area contributed by atoms with E-state index in [0.717, 1.165) is 17.1 Å². The van der Waals surface area contributed by atoms with Gasteiger partial charge in [0.2, 0.25) is 11.0 Å². The second kappa shape index (κ2) is 20.1. The maximum absolute atomic E-state index is 9.30. The van der Waals surface area contributed by atoms with Crippen molar-refractivity contribution in [1.82, 2.24) is 34.5 Å².